The predicted octanol–water partition coefficient (Wildman–Crippen LogP) is 2.59. The van der Waals surface area contributed by atoms with Crippen LogP contribution >= 0.6 is 0 Å². The Kier molecular flexibility index (Phi) is 15.6. The molecule has 0 aliphatic rings. The van der Waals surface area contributed by atoms with Crippen LogP contribution in [0.25, 0.3) is 12.2 Å². The zero-order valence-corrected chi connectivity index (χ0v) is 35.3. The molecule has 6 rings (SSSR count). The molecule has 22 nitrogen and oxygen atoms in total. The molecule has 0 atom stereocenters. The molecule has 336 valence electrons. The Hall–Kier alpha value is -6.90. The van der Waals surface area contributed by atoms with E-state index in [0.717, 1.165) is 24.3 Å². The molecule has 64 heavy (non-hydrogen) atoms. The second-order valence-electron chi connectivity index (χ2n) is 13.4. The van der Waals surface area contributed by atoms with Crippen molar-refractivity contribution in [2.24, 2.45) is 0 Å². The molecular formula is C40H42N12O10S2-2. The van der Waals surface area contributed by atoms with Crippen LogP contribution in [0.15, 0.2) is 107 Å². The van der Waals surface area contributed by atoms with Crippen LogP contribution in [0.1, 0.15) is 11.1 Å². The number of hydrogen-bond donors (Lipinski definition) is 8. The van der Waals surface area contributed by atoms with Gasteiger partial charge >= 0.3 is 0 Å². The first-order chi connectivity index (χ1) is 30.8. The molecule has 4 aromatic carbocycles. The SMILES string of the molecule is O=S(=O)([O-])c1cc(Nc2nc(Nc3ccccc3)nc(N(CCO)CCO)n2)ccc1C=Cc1ccc(Nc2nc(Nc3ccccc3)nc(N(CCO)CCO)n2)cc1S(=O)(=O)[O-]. The highest BCUT2D eigenvalue weighted by Crippen LogP contribution is 2.29. The second-order valence-corrected chi connectivity index (χ2v) is 16.1. The summed E-state index contributed by atoms with van der Waals surface area (Å²) in [5.41, 5.74) is 1.07. The van der Waals surface area contributed by atoms with Crippen LogP contribution in [0.5, 0.6) is 0 Å². The Morgan fingerprint density at radius 1 is 0.453 bits per heavy atom. The van der Waals surface area contributed by atoms with E-state index in [0.29, 0.717) is 11.4 Å². The van der Waals surface area contributed by atoms with E-state index in [-0.39, 0.29) is 111 Å². The van der Waals surface area contributed by atoms with E-state index >= 15 is 0 Å². The van der Waals surface area contributed by atoms with Gasteiger partial charge in [-0.25, -0.2) is 16.8 Å². The molecule has 0 spiro atoms. The highest BCUT2D eigenvalue weighted by atomic mass is 32.2. The lowest BCUT2D eigenvalue weighted by molar-refractivity contribution is 0.279. The van der Waals surface area contributed by atoms with E-state index in [4.69, 9.17) is 0 Å². The summed E-state index contributed by atoms with van der Waals surface area (Å²) < 4.78 is 75.6. The number of benzene rings is 4. The fourth-order valence-electron chi connectivity index (χ4n) is 6.01. The molecular weight excluding hydrogens is 873 g/mol. The van der Waals surface area contributed by atoms with Gasteiger partial charge in [0.15, 0.2) is 0 Å². The van der Waals surface area contributed by atoms with Crippen LogP contribution < -0.4 is 31.1 Å². The summed E-state index contributed by atoms with van der Waals surface area (Å²) in [5.74, 6) is 0.0621. The van der Waals surface area contributed by atoms with Gasteiger partial charge < -0.3 is 60.6 Å². The van der Waals surface area contributed by atoms with Gasteiger partial charge in [0.25, 0.3) is 0 Å². The topological polar surface area (TPSA) is 327 Å². The number of aromatic nitrogens is 6. The smallest absolute Gasteiger partial charge is 0.233 e. The summed E-state index contributed by atoms with van der Waals surface area (Å²) in [7, 11) is -10.3. The zero-order chi connectivity index (χ0) is 45.7. The van der Waals surface area contributed by atoms with Crippen LogP contribution in [-0.2, 0) is 20.2 Å². The summed E-state index contributed by atoms with van der Waals surface area (Å²) in [6.45, 7) is -0.886. The minimum atomic E-state index is -5.17. The van der Waals surface area contributed by atoms with Crippen molar-refractivity contribution in [2.75, 3.05) is 83.7 Å². The third-order valence-electron chi connectivity index (χ3n) is 8.87. The predicted molar refractivity (Wildman–Crippen MR) is 236 cm³/mol. The standard InChI is InChI=1S/C40H44N12O10S2/c53-21-17-51(18-22-54)39-47-35(41-29-7-3-1-4-8-29)45-37(49-39)43-31-15-13-27(33(25-31)63(57,58)59)11-12-28-14-16-32(26-34(28)64(60,61)62)44-38-46-36(42-30-9-5-2-6-10-30)48-40(50-38)52(19-23-55)20-24-56/h1-16,25-26,53-56H,17-24H2,(H,57,58,59)(H,60,61,62)(H2,41,43,45,47,49)(H2,42,44,46,48,50)/p-2. The lowest BCUT2D eigenvalue weighted by Gasteiger charge is -2.22. The Balaban J connectivity index is 1.31. The normalized spacial score (nSPS) is 11.7. The lowest BCUT2D eigenvalue weighted by atomic mass is 10.1. The van der Waals surface area contributed by atoms with Crippen molar-refractivity contribution in [3.05, 3.63) is 108 Å². The summed E-state index contributed by atoms with van der Waals surface area (Å²) in [4.78, 5) is 27.9. The first-order valence-electron chi connectivity index (χ1n) is 19.3. The van der Waals surface area contributed by atoms with Crippen molar-refractivity contribution in [2.45, 2.75) is 9.79 Å². The average molecular weight is 915 g/mol. The molecule has 0 unspecified atom stereocenters. The van der Waals surface area contributed by atoms with Crippen molar-refractivity contribution < 1.29 is 46.4 Å². The molecule has 0 aliphatic carbocycles. The number of nitrogens with one attached hydrogen (secondary N) is 4. The first-order valence-corrected chi connectivity index (χ1v) is 22.1. The number of aliphatic hydroxyl groups is 4. The van der Waals surface area contributed by atoms with Crippen LogP contribution in [0, 0.1) is 0 Å². The van der Waals surface area contributed by atoms with Gasteiger partial charge in [-0.3, -0.25) is 0 Å². The maximum Gasteiger partial charge on any atom is 0.233 e. The molecule has 6 aromatic rings. The van der Waals surface area contributed by atoms with Crippen LogP contribution in [0.3, 0.4) is 0 Å². The monoisotopic (exact) mass is 914 g/mol. The highest BCUT2D eigenvalue weighted by Gasteiger charge is 2.18. The zero-order valence-electron chi connectivity index (χ0n) is 33.7. The molecule has 0 saturated carbocycles. The van der Waals surface area contributed by atoms with E-state index < -0.39 is 30.0 Å². The number of anilines is 10. The number of nitrogens with zero attached hydrogens (tertiary/aromatic N) is 8. The summed E-state index contributed by atoms with van der Waals surface area (Å²) in [5, 5.41) is 50.3. The summed E-state index contributed by atoms with van der Waals surface area (Å²) in [6, 6.07) is 25.2. The van der Waals surface area contributed by atoms with Crippen molar-refractivity contribution in [3.63, 3.8) is 0 Å². The van der Waals surface area contributed by atoms with E-state index in [1.807, 2.05) is 12.1 Å². The minimum Gasteiger partial charge on any atom is -0.744 e. The van der Waals surface area contributed by atoms with Gasteiger partial charge in [0.1, 0.15) is 20.2 Å². The van der Waals surface area contributed by atoms with Gasteiger partial charge in [-0.1, -0.05) is 60.7 Å². The summed E-state index contributed by atoms with van der Waals surface area (Å²) >= 11 is 0. The Morgan fingerprint density at radius 3 is 1.06 bits per heavy atom. The van der Waals surface area contributed by atoms with Crippen molar-refractivity contribution in [1.82, 2.24) is 29.9 Å². The van der Waals surface area contributed by atoms with Gasteiger partial charge in [-0.05, 0) is 59.7 Å². The van der Waals surface area contributed by atoms with Gasteiger partial charge in [-0.2, -0.15) is 29.9 Å². The highest BCUT2D eigenvalue weighted by molar-refractivity contribution is 7.86. The Morgan fingerprint density at radius 2 is 0.766 bits per heavy atom. The fraction of sp³-hybridized carbons (Fsp3) is 0.200. The molecule has 0 saturated heterocycles. The number of hydrogen-bond acceptors (Lipinski definition) is 22. The van der Waals surface area contributed by atoms with Gasteiger partial charge in [0, 0.05) is 48.9 Å². The first kappa shape index (κ1) is 46.6. The van der Waals surface area contributed by atoms with Crippen LogP contribution in [0.2, 0.25) is 0 Å². The Bertz CT molecular complexity index is 2580. The molecule has 0 aliphatic heterocycles. The maximum atomic E-state index is 12.6. The van der Waals surface area contributed by atoms with Crippen molar-refractivity contribution in [1.29, 1.82) is 0 Å². The van der Waals surface area contributed by atoms with Crippen molar-refractivity contribution >= 4 is 90.8 Å². The second kappa shape index (κ2) is 21.5. The molecule has 8 N–H and O–H groups in total. The molecule has 2 aromatic heterocycles. The number of aliphatic hydroxyl groups excluding tert-OH is 4. The third-order valence-corrected chi connectivity index (χ3v) is 10.7. The average Bonchev–Trinajstić information content (AvgIpc) is 3.26. The molecule has 0 bridgehead atoms. The lowest BCUT2D eigenvalue weighted by Crippen LogP contribution is -2.31. The van der Waals surface area contributed by atoms with E-state index in [9.17, 15) is 46.4 Å². The van der Waals surface area contributed by atoms with E-state index in [2.05, 4.69) is 51.2 Å². The number of rotatable bonds is 22. The Labute approximate surface area is 367 Å². The quantitative estimate of drug-likeness (QED) is 0.0358. The van der Waals surface area contributed by atoms with Gasteiger partial charge in [0.2, 0.25) is 35.7 Å². The van der Waals surface area contributed by atoms with Crippen molar-refractivity contribution in [3.8, 4) is 0 Å². The fourth-order valence-corrected chi connectivity index (χ4v) is 7.41. The molecule has 0 radical (unpaired) electrons. The maximum absolute atomic E-state index is 12.6. The van der Waals surface area contributed by atoms with E-state index in [1.54, 1.807) is 48.5 Å². The van der Waals surface area contributed by atoms with Gasteiger partial charge in [-0.15, -0.1) is 0 Å². The molecule has 24 heteroatoms. The van der Waals surface area contributed by atoms with Gasteiger partial charge in [0.05, 0.1) is 36.2 Å². The van der Waals surface area contributed by atoms with E-state index in [1.165, 1.54) is 34.1 Å². The number of para-hydroxylation sites is 2. The summed E-state index contributed by atoms with van der Waals surface area (Å²) in [6.07, 6.45) is 2.32. The molecule has 0 amide bonds. The molecule has 0 fully saturated rings. The third kappa shape index (κ3) is 12.8. The largest absolute Gasteiger partial charge is 0.744 e. The van der Waals surface area contributed by atoms with Crippen LogP contribution in [-0.4, -0.2) is 129 Å². The minimum absolute atomic E-state index is 0.0583. The molecule has 2 heterocycles. The van der Waals surface area contributed by atoms with Crippen LogP contribution in [0.4, 0.5) is 58.4 Å².